The predicted octanol–water partition coefficient (Wildman–Crippen LogP) is 0.985. The molecule has 0 aromatic rings. The molecule has 8 heteroatoms. The molecule has 0 atom stereocenters. The van der Waals surface area contributed by atoms with E-state index < -0.39 is 5.41 Å². The van der Waals surface area contributed by atoms with E-state index in [1.807, 2.05) is 20.8 Å². The van der Waals surface area contributed by atoms with E-state index in [1.165, 1.54) is 0 Å². The van der Waals surface area contributed by atoms with Gasteiger partial charge in [-0.3, -0.25) is 9.79 Å². The number of aliphatic imine (C=N–C) groups is 1. The minimum absolute atomic E-state index is 0. The maximum atomic E-state index is 11.7. The van der Waals surface area contributed by atoms with Crippen LogP contribution in [0.25, 0.3) is 0 Å². The van der Waals surface area contributed by atoms with E-state index in [0.29, 0.717) is 26.4 Å². The van der Waals surface area contributed by atoms with Gasteiger partial charge in [0.15, 0.2) is 5.96 Å². The van der Waals surface area contributed by atoms with E-state index in [0.717, 1.165) is 25.5 Å². The summed E-state index contributed by atoms with van der Waals surface area (Å²) in [6.07, 6.45) is 0.882. The number of hydrogen-bond donors (Lipinski definition) is 3. The number of ether oxygens (including phenoxy) is 2. The second-order valence-corrected chi connectivity index (χ2v) is 5.54. The molecule has 0 radical (unpaired) electrons. The number of halogens is 1. The Morgan fingerprint density at radius 2 is 1.87 bits per heavy atom. The third-order valence-corrected chi connectivity index (χ3v) is 3.01. The van der Waals surface area contributed by atoms with Crippen LogP contribution in [0.15, 0.2) is 4.99 Å². The number of nitrogens with zero attached hydrogens (tertiary/aromatic N) is 1. The molecule has 0 bridgehead atoms. The lowest BCUT2D eigenvalue weighted by molar-refractivity contribution is -0.128. The van der Waals surface area contributed by atoms with E-state index in [9.17, 15) is 4.79 Å². The first-order valence-corrected chi connectivity index (χ1v) is 7.79. The molecular formula is C15H33IN4O3. The van der Waals surface area contributed by atoms with Gasteiger partial charge in [-0.2, -0.15) is 0 Å². The Morgan fingerprint density at radius 3 is 2.43 bits per heavy atom. The zero-order valence-electron chi connectivity index (χ0n) is 15.0. The topological polar surface area (TPSA) is 84.0 Å². The summed E-state index contributed by atoms with van der Waals surface area (Å²) in [4.78, 5) is 16.2. The Morgan fingerprint density at radius 1 is 1.17 bits per heavy atom. The Bertz CT molecular complexity index is 339. The molecule has 0 heterocycles. The molecule has 0 fully saturated rings. The second-order valence-electron chi connectivity index (χ2n) is 5.54. The van der Waals surface area contributed by atoms with E-state index in [-0.39, 0.29) is 29.9 Å². The van der Waals surface area contributed by atoms with Crippen LogP contribution in [-0.2, 0) is 14.3 Å². The maximum Gasteiger partial charge on any atom is 0.227 e. The first-order chi connectivity index (χ1) is 10.5. The Hall–Kier alpha value is -0.610. The summed E-state index contributed by atoms with van der Waals surface area (Å²) < 4.78 is 10.3. The van der Waals surface area contributed by atoms with Gasteiger partial charge < -0.3 is 25.4 Å². The lowest BCUT2D eigenvalue weighted by atomic mass is 9.93. The van der Waals surface area contributed by atoms with Crippen molar-refractivity contribution in [1.82, 2.24) is 16.0 Å². The van der Waals surface area contributed by atoms with Gasteiger partial charge in [-0.15, -0.1) is 24.0 Å². The van der Waals surface area contributed by atoms with Crippen molar-refractivity contribution in [2.45, 2.75) is 27.2 Å². The fourth-order valence-corrected chi connectivity index (χ4v) is 1.65. The summed E-state index contributed by atoms with van der Waals surface area (Å²) >= 11 is 0. The van der Waals surface area contributed by atoms with Gasteiger partial charge in [-0.1, -0.05) is 0 Å². The highest BCUT2D eigenvalue weighted by Gasteiger charge is 2.26. The first kappa shape index (κ1) is 24.6. The number of hydrogen-bond acceptors (Lipinski definition) is 4. The third-order valence-electron chi connectivity index (χ3n) is 3.01. The quantitative estimate of drug-likeness (QED) is 0.192. The minimum Gasteiger partial charge on any atom is -0.382 e. The van der Waals surface area contributed by atoms with Crippen molar-refractivity contribution in [3.05, 3.63) is 0 Å². The van der Waals surface area contributed by atoms with Crippen molar-refractivity contribution < 1.29 is 14.3 Å². The minimum atomic E-state index is -0.527. The molecule has 7 nitrogen and oxygen atoms in total. The number of amides is 1. The van der Waals surface area contributed by atoms with Crippen LogP contribution < -0.4 is 16.0 Å². The summed E-state index contributed by atoms with van der Waals surface area (Å²) in [7, 11) is 3.30. The average Bonchev–Trinajstić information content (AvgIpc) is 2.50. The molecule has 3 N–H and O–H groups in total. The van der Waals surface area contributed by atoms with Crippen LogP contribution >= 0.6 is 24.0 Å². The highest BCUT2D eigenvalue weighted by atomic mass is 127. The number of carbonyl (C=O) groups excluding carboxylic acids is 1. The number of nitrogens with one attached hydrogen (secondary N) is 3. The van der Waals surface area contributed by atoms with Gasteiger partial charge in [-0.05, 0) is 27.2 Å². The van der Waals surface area contributed by atoms with Gasteiger partial charge in [0.25, 0.3) is 0 Å². The van der Waals surface area contributed by atoms with Gasteiger partial charge in [0.2, 0.25) is 5.91 Å². The highest BCUT2D eigenvalue weighted by Crippen LogP contribution is 2.15. The van der Waals surface area contributed by atoms with Crippen molar-refractivity contribution in [2.24, 2.45) is 10.4 Å². The standard InChI is InChI=1S/C15H32N4O3.HI/c1-6-17-14(18-8-7-9-22-11-10-21-5)19-12-15(2,3)13(20)16-4;/h6-12H2,1-5H3,(H,16,20)(H2,17,18,19);1H. The van der Waals surface area contributed by atoms with Gasteiger partial charge in [-0.25, -0.2) is 0 Å². The van der Waals surface area contributed by atoms with Crippen LogP contribution in [0.2, 0.25) is 0 Å². The molecule has 0 aromatic heterocycles. The molecule has 0 spiro atoms. The van der Waals surface area contributed by atoms with Gasteiger partial charge in [0.1, 0.15) is 0 Å². The molecule has 0 rings (SSSR count). The Labute approximate surface area is 157 Å². The summed E-state index contributed by atoms with van der Waals surface area (Å²) in [6.45, 7) is 9.64. The molecule has 0 aromatic carbocycles. The molecule has 0 aliphatic heterocycles. The van der Waals surface area contributed by atoms with Crippen LogP contribution in [0.4, 0.5) is 0 Å². The van der Waals surface area contributed by atoms with Gasteiger partial charge >= 0.3 is 0 Å². The van der Waals surface area contributed by atoms with Crippen LogP contribution in [0.5, 0.6) is 0 Å². The van der Waals surface area contributed by atoms with Gasteiger partial charge in [0, 0.05) is 33.9 Å². The van der Waals surface area contributed by atoms with E-state index in [1.54, 1.807) is 14.2 Å². The summed E-state index contributed by atoms with van der Waals surface area (Å²) in [5.74, 6) is 0.704. The largest absolute Gasteiger partial charge is 0.382 e. The maximum absolute atomic E-state index is 11.7. The molecule has 0 saturated carbocycles. The summed E-state index contributed by atoms with van der Waals surface area (Å²) in [5, 5.41) is 9.07. The smallest absolute Gasteiger partial charge is 0.227 e. The lowest BCUT2D eigenvalue weighted by Crippen LogP contribution is -2.41. The molecule has 0 unspecified atom stereocenters. The monoisotopic (exact) mass is 444 g/mol. The normalized spacial score (nSPS) is 11.6. The van der Waals surface area contributed by atoms with Crippen molar-refractivity contribution in [3.63, 3.8) is 0 Å². The lowest BCUT2D eigenvalue weighted by Gasteiger charge is -2.21. The van der Waals surface area contributed by atoms with E-state index in [4.69, 9.17) is 9.47 Å². The first-order valence-electron chi connectivity index (χ1n) is 7.79. The van der Waals surface area contributed by atoms with E-state index in [2.05, 4.69) is 20.9 Å². The highest BCUT2D eigenvalue weighted by molar-refractivity contribution is 14.0. The van der Waals surface area contributed by atoms with Crippen molar-refractivity contribution in [1.29, 1.82) is 0 Å². The number of carbonyl (C=O) groups is 1. The SMILES string of the molecule is CCNC(=NCC(C)(C)C(=O)NC)NCCCOCCOC.I. The van der Waals surface area contributed by atoms with Crippen LogP contribution in [-0.4, -0.2) is 65.5 Å². The third kappa shape index (κ3) is 12.5. The number of guanidine groups is 1. The van der Waals surface area contributed by atoms with Gasteiger partial charge in [0.05, 0.1) is 25.2 Å². The summed E-state index contributed by atoms with van der Waals surface area (Å²) in [6, 6.07) is 0. The average molecular weight is 444 g/mol. The van der Waals surface area contributed by atoms with Crippen LogP contribution in [0.3, 0.4) is 0 Å². The predicted molar refractivity (Wildman–Crippen MR) is 105 cm³/mol. The zero-order valence-corrected chi connectivity index (χ0v) is 17.4. The molecule has 1 amide bonds. The van der Waals surface area contributed by atoms with Crippen LogP contribution in [0.1, 0.15) is 27.2 Å². The molecule has 0 saturated heterocycles. The molecule has 0 aliphatic rings. The van der Waals surface area contributed by atoms with Crippen LogP contribution in [0, 0.1) is 5.41 Å². The fraction of sp³-hybridized carbons (Fsp3) is 0.867. The summed E-state index contributed by atoms with van der Waals surface area (Å²) in [5.41, 5.74) is -0.527. The zero-order chi connectivity index (χ0) is 16.8. The Kier molecular flexibility index (Phi) is 16.0. The van der Waals surface area contributed by atoms with Crippen molar-refractivity contribution in [3.8, 4) is 0 Å². The van der Waals surface area contributed by atoms with Crippen molar-refractivity contribution in [2.75, 3.05) is 53.6 Å². The fourth-order valence-electron chi connectivity index (χ4n) is 1.65. The second kappa shape index (κ2) is 14.9. The molecule has 138 valence electrons. The number of methoxy groups -OCH3 is 1. The molecule has 23 heavy (non-hydrogen) atoms. The van der Waals surface area contributed by atoms with E-state index >= 15 is 0 Å². The van der Waals surface area contributed by atoms with Crippen molar-refractivity contribution >= 4 is 35.8 Å². The molecular weight excluding hydrogens is 411 g/mol. The number of rotatable bonds is 11. The Balaban J connectivity index is 0. The molecule has 0 aliphatic carbocycles.